The van der Waals surface area contributed by atoms with E-state index in [0.717, 1.165) is 18.8 Å². The van der Waals surface area contributed by atoms with Crippen molar-refractivity contribution in [3.05, 3.63) is 28.3 Å². The van der Waals surface area contributed by atoms with Gasteiger partial charge in [-0.05, 0) is 49.1 Å². The van der Waals surface area contributed by atoms with Gasteiger partial charge in [-0.3, -0.25) is 0 Å². The number of benzene rings is 1. The number of hydrogen-bond donors (Lipinski definition) is 2. The first-order chi connectivity index (χ1) is 7.61. The van der Waals surface area contributed by atoms with Crippen LogP contribution in [0.15, 0.2) is 6.07 Å². The van der Waals surface area contributed by atoms with E-state index in [0.29, 0.717) is 6.54 Å². The molecule has 3 N–H and O–H groups in total. The fourth-order valence-corrected chi connectivity index (χ4v) is 1.90. The summed E-state index contributed by atoms with van der Waals surface area (Å²) in [6.07, 6.45) is 0. The van der Waals surface area contributed by atoms with Gasteiger partial charge in [0.2, 0.25) is 0 Å². The van der Waals surface area contributed by atoms with Crippen molar-refractivity contribution < 1.29 is 4.74 Å². The van der Waals surface area contributed by atoms with Crippen molar-refractivity contribution in [3.8, 4) is 5.75 Å². The molecule has 0 radical (unpaired) electrons. The minimum Gasteiger partial charge on any atom is -0.496 e. The van der Waals surface area contributed by atoms with Crippen LogP contribution >= 0.6 is 0 Å². The van der Waals surface area contributed by atoms with Crippen molar-refractivity contribution >= 4 is 0 Å². The van der Waals surface area contributed by atoms with Crippen LogP contribution in [-0.2, 0) is 6.54 Å². The predicted molar refractivity (Wildman–Crippen MR) is 68.0 cm³/mol. The second kappa shape index (κ2) is 5.87. The molecule has 16 heavy (non-hydrogen) atoms. The van der Waals surface area contributed by atoms with E-state index < -0.39 is 0 Å². The Kier molecular flexibility index (Phi) is 4.77. The van der Waals surface area contributed by atoms with Gasteiger partial charge < -0.3 is 15.8 Å². The van der Waals surface area contributed by atoms with Gasteiger partial charge in [-0.1, -0.05) is 0 Å². The molecule has 0 saturated carbocycles. The Balaban J connectivity index is 2.96. The number of nitrogens with two attached hydrogens (primary N) is 1. The van der Waals surface area contributed by atoms with Crippen molar-refractivity contribution in [3.63, 3.8) is 0 Å². The fraction of sp³-hybridized carbons (Fsp3) is 0.538. The Bertz CT molecular complexity index is 361. The van der Waals surface area contributed by atoms with Gasteiger partial charge in [0.1, 0.15) is 5.75 Å². The summed E-state index contributed by atoms with van der Waals surface area (Å²) < 4.78 is 5.35. The molecule has 1 rings (SSSR count). The summed E-state index contributed by atoms with van der Waals surface area (Å²) in [7, 11) is 1.72. The zero-order valence-corrected chi connectivity index (χ0v) is 10.7. The monoisotopic (exact) mass is 222 g/mol. The van der Waals surface area contributed by atoms with E-state index in [1.807, 2.05) is 0 Å². The zero-order chi connectivity index (χ0) is 12.1. The van der Waals surface area contributed by atoms with E-state index in [2.05, 4.69) is 32.2 Å². The molecule has 0 aliphatic heterocycles. The molecule has 0 unspecified atom stereocenters. The molecule has 0 spiro atoms. The third kappa shape index (κ3) is 2.74. The van der Waals surface area contributed by atoms with Gasteiger partial charge in [0.25, 0.3) is 0 Å². The normalized spacial score (nSPS) is 10.6. The first-order valence-corrected chi connectivity index (χ1v) is 5.66. The van der Waals surface area contributed by atoms with E-state index in [-0.39, 0.29) is 0 Å². The second-order valence-electron chi connectivity index (χ2n) is 4.09. The Morgan fingerprint density at radius 3 is 2.50 bits per heavy atom. The zero-order valence-electron chi connectivity index (χ0n) is 10.7. The van der Waals surface area contributed by atoms with Crippen LogP contribution in [0.1, 0.15) is 22.3 Å². The average Bonchev–Trinajstić information content (AvgIpc) is 2.28. The van der Waals surface area contributed by atoms with Crippen LogP contribution in [0.3, 0.4) is 0 Å². The highest BCUT2D eigenvalue weighted by Crippen LogP contribution is 2.27. The molecule has 1 aromatic carbocycles. The van der Waals surface area contributed by atoms with E-state index in [9.17, 15) is 0 Å². The summed E-state index contributed by atoms with van der Waals surface area (Å²) in [6.45, 7) is 8.76. The topological polar surface area (TPSA) is 47.3 Å². The number of methoxy groups -OCH3 is 1. The van der Waals surface area contributed by atoms with E-state index >= 15 is 0 Å². The van der Waals surface area contributed by atoms with Gasteiger partial charge in [-0.25, -0.2) is 0 Å². The van der Waals surface area contributed by atoms with Crippen molar-refractivity contribution in [2.45, 2.75) is 27.3 Å². The molecule has 0 amide bonds. The molecule has 0 aliphatic carbocycles. The third-order valence-electron chi connectivity index (χ3n) is 3.05. The molecule has 1 aromatic rings. The number of nitrogens with one attached hydrogen (secondary N) is 1. The summed E-state index contributed by atoms with van der Waals surface area (Å²) in [6, 6.07) is 2.10. The first-order valence-electron chi connectivity index (χ1n) is 5.66. The second-order valence-corrected chi connectivity index (χ2v) is 4.09. The van der Waals surface area contributed by atoms with E-state index in [4.69, 9.17) is 10.5 Å². The summed E-state index contributed by atoms with van der Waals surface area (Å²) >= 11 is 0. The number of hydrogen-bond acceptors (Lipinski definition) is 3. The Morgan fingerprint density at radius 2 is 1.94 bits per heavy atom. The predicted octanol–water partition coefficient (Wildman–Crippen LogP) is 1.67. The van der Waals surface area contributed by atoms with E-state index in [1.165, 1.54) is 22.3 Å². The molecule has 3 heteroatoms. The molecule has 0 fully saturated rings. The van der Waals surface area contributed by atoms with Crippen LogP contribution in [0.25, 0.3) is 0 Å². The minimum absolute atomic E-state index is 0.674. The van der Waals surface area contributed by atoms with Crippen LogP contribution in [0, 0.1) is 20.8 Å². The van der Waals surface area contributed by atoms with Gasteiger partial charge in [-0.15, -0.1) is 0 Å². The van der Waals surface area contributed by atoms with Crippen LogP contribution in [-0.4, -0.2) is 20.2 Å². The highest BCUT2D eigenvalue weighted by Gasteiger charge is 2.09. The average molecular weight is 222 g/mol. The SMILES string of the molecule is COc1cc(C)c(CNCCN)c(C)c1C. The number of rotatable bonds is 5. The van der Waals surface area contributed by atoms with Crippen LogP contribution in [0.5, 0.6) is 5.75 Å². The van der Waals surface area contributed by atoms with Gasteiger partial charge in [0, 0.05) is 19.6 Å². The summed E-state index contributed by atoms with van der Waals surface area (Å²) in [5.74, 6) is 0.970. The Morgan fingerprint density at radius 1 is 1.25 bits per heavy atom. The highest BCUT2D eigenvalue weighted by atomic mass is 16.5. The fourth-order valence-electron chi connectivity index (χ4n) is 1.90. The Labute approximate surface area is 98.0 Å². The lowest BCUT2D eigenvalue weighted by Gasteiger charge is -2.16. The van der Waals surface area contributed by atoms with Crippen LogP contribution in [0.2, 0.25) is 0 Å². The maximum atomic E-state index is 5.46. The standard InChI is InChI=1S/C13H22N2O/c1-9-7-13(16-4)11(3)10(2)12(9)8-15-6-5-14/h7,15H,5-6,8,14H2,1-4H3. The highest BCUT2D eigenvalue weighted by molar-refractivity contribution is 5.48. The Hall–Kier alpha value is -1.06. The van der Waals surface area contributed by atoms with Crippen molar-refractivity contribution in [2.75, 3.05) is 20.2 Å². The summed E-state index contributed by atoms with van der Waals surface area (Å²) in [5, 5.41) is 3.33. The molecule has 3 nitrogen and oxygen atoms in total. The van der Waals surface area contributed by atoms with E-state index in [1.54, 1.807) is 7.11 Å². The molecule has 0 saturated heterocycles. The van der Waals surface area contributed by atoms with Crippen LogP contribution < -0.4 is 15.8 Å². The summed E-state index contributed by atoms with van der Waals surface area (Å²) in [5.41, 5.74) is 10.6. The quantitative estimate of drug-likeness (QED) is 0.745. The van der Waals surface area contributed by atoms with Crippen molar-refractivity contribution in [1.82, 2.24) is 5.32 Å². The molecular weight excluding hydrogens is 200 g/mol. The maximum Gasteiger partial charge on any atom is 0.122 e. The lowest BCUT2D eigenvalue weighted by molar-refractivity contribution is 0.410. The van der Waals surface area contributed by atoms with Crippen molar-refractivity contribution in [2.24, 2.45) is 5.73 Å². The lowest BCUT2D eigenvalue weighted by Crippen LogP contribution is -2.22. The minimum atomic E-state index is 0.674. The smallest absolute Gasteiger partial charge is 0.122 e. The molecular formula is C13H22N2O. The van der Waals surface area contributed by atoms with Gasteiger partial charge in [0.15, 0.2) is 0 Å². The lowest BCUT2D eigenvalue weighted by atomic mass is 9.97. The van der Waals surface area contributed by atoms with Crippen LogP contribution in [0.4, 0.5) is 0 Å². The third-order valence-corrected chi connectivity index (χ3v) is 3.05. The molecule has 0 heterocycles. The molecule has 90 valence electrons. The molecule has 0 atom stereocenters. The maximum absolute atomic E-state index is 5.46. The summed E-state index contributed by atoms with van der Waals surface area (Å²) in [4.78, 5) is 0. The first kappa shape index (κ1) is 13.0. The molecule has 0 bridgehead atoms. The molecule has 0 aliphatic rings. The van der Waals surface area contributed by atoms with Crippen molar-refractivity contribution in [1.29, 1.82) is 0 Å². The van der Waals surface area contributed by atoms with Gasteiger partial charge in [0.05, 0.1) is 7.11 Å². The number of ether oxygens (including phenoxy) is 1. The largest absolute Gasteiger partial charge is 0.496 e. The number of aryl methyl sites for hydroxylation is 1. The van der Waals surface area contributed by atoms with Gasteiger partial charge in [-0.2, -0.15) is 0 Å². The van der Waals surface area contributed by atoms with Gasteiger partial charge >= 0.3 is 0 Å². The molecule has 0 aromatic heterocycles.